The smallest absolute Gasteiger partial charge is 0.237 e. The molecule has 0 aromatic rings. The fraction of sp³-hybridized carbons (Fsp3) is 0.875. The second-order valence-electron chi connectivity index (χ2n) is 3.64. The molecule has 0 unspecified atom stereocenters. The van der Waals surface area contributed by atoms with Gasteiger partial charge in [0, 0.05) is 19.1 Å². The minimum Gasteiger partial charge on any atom is -0.353 e. The van der Waals surface area contributed by atoms with E-state index >= 15 is 0 Å². The van der Waals surface area contributed by atoms with Crippen molar-refractivity contribution < 1.29 is 4.79 Å². The van der Waals surface area contributed by atoms with Crippen molar-refractivity contribution in [3.05, 3.63) is 0 Å². The minimum atomic E-state index is 0.0558. The zero-order valence-corrected chi connectivity index (χ0v) is 7.05. The van der Waals surface area contributed by atoms with Crippen LogP contribution < -0.4 is 16.4 Å². The first-order valence-electron chi connectivity index (χ1n) is 4.55. The Morgan fingerprint density at radius 2 is 2.42 bits per heavy atom. The average molecular weight is 169 g/mol. The molecule has 0 aromatic carbocycles. The predicted octanol–water partition coefficient (Wildman–Crippen LogP) is -1.19. The predicted molar refractivity (Wildman–Crippen MR) is 45.5 cm³/mol. The van der Waals surface area contributed by atoms with E-state index in [4.69, 9.17) is 5.73 Å². The van der Waals surface area contributed by atoms with Crippen LogP contribution in [0.4, 0.5) is 0 Å². The molecule has 1 saturated carbocycles. The zero-order valence-electron chi connectivity index (χ0n) is 7.05. The molecule has 4 N–H and O–H groups in total. The largest absolute Gasteiger partial charge is 0.353 e. The van der Waals surface area contributed by atoms with Gasteiger partial charge in [-0.05, 0) is 18.8 Å². The first-order chi connectivity index (χ1) is 5.81. The highest BCUT2D eigenvalue weighted by atomic mass is 16.2. The maximum atomic E-state index is 11.3. The van der Waals surface area contributed by atoms with Crippen LogP contribution in [0.1, 0.15) is 12.8 Å². The summed E-state index contributed by atoms with van der Waals surface area (Å²) in [6, 6.07) is 0.693. The van der Waals surface area contributed by atoms with Crippen LogP contribution in [0.15, 0.2) is 0 Å². The number of carbonyl (C=O) groups is 1. The summed E-state index contributed by atoms with van der Waals surface area (Å²) in [6.45, 7) is 1.11. The van der Waals surface area contributed by atoms with Gasteiger partial charge in [-0.2, -0.15) is 0 Å². The van der Waals surface area contributed by atoms with Crippen molar-refractivity contribution in [1.82, 2.24) is 10.6 Å². The number of amides is 1. The Morgan fingerprint density at radius 3 is 3.00 bits per heavy atom. The summed E-state index contributed by atoms with van der Waals surface area (Å²) in [4.78, 5) is 11.3. The van der Waals surface area contributed by atoms with Gasteiger partial charge in [-0.15, -0.1) is 0 Å². The first-order valence-corrected chi connectivity index (χ1v) is 4.55. The van der Waals surface area contributed by atoms with Crippen LogP contribution in [0.3, 0.4) is 0 Å². The molecule has 1 saturated heterocycles. The Balaban J connectivity index is 1.73. The highest BCUT2D eigenvalue weighted by molar-refractivity contribution is 5.82. The Bertz CT molecular complexity index is 185. The Hall–Kier alpha value is -0.610. The van der Waals surface area contributed by atoms with E-state index in [0.717, 1.165) is 12.3 Å². The van der Waals surface area contributed by atoms with E-state index in [9.17, 15) is 4.79 Å². The number of hydrogen-bond acceptors (Lipinski definition) is 3. The van der Waals surface area contributed by atoms with Gasteiger partial charge in [-0.1, -0.05) is 0 Å². The summed E-state index contributed by atoms with van der Waals surface area (Å²) in [5.74, 6) is 0.895. The van der Waals surface area contributed by atoms with Gasteiger partial charge in [0.15, 0.2) is 0 Å². The second-order valence-corrected chi connectivity index (χ2v) is 3.64. The summed E-state index contributed by atoms with van der Waals surface area (Å²) in [5, 5.41) is 6.07. The average Bonchev–Trinajstić information content (AvgIpc) is 2.69. The van der Waals surface area contributed by atoms with Gasteiger partial charge in [0.2, 0.25) is 5.91 Å². The fourth-order valence-electron chi connectivity index (χ4n) is 1.84. The molecule has 12 heavy (non-hydrogen) atoms. The van der Waals surface area contributed by atoms with Crippen LogP contribution in [0, 0.1) is 5.92 Å². The molecule has 0 radical (unpaired) electrons. The molecule has 1 heterocycles. The summed E-state index contributed by atoms with van der Waals surface area (Å²) < 4.78 is 0. The van der Waals surface area contributed by atoms with E-state index in [1.165, 1.54) is 6.42 Å². The Kier molecular flexibility index (Phi) is 2.02. The highest BCUT2D eigenvalue weighted by Gasteiger charge is 2.47. The van der Waals surface area contributed by atoms with E-state index < -0.39 is 0 Å². The van der Waals surface area contributed by atoms with Crippen LogP contribution in [-0.2, 0) is 4.79 Å². The molecule has 1 amide bonds. The lowest BCUT2D eigenvalue weighted by Gasteiger charge is -2.12. The van der Waals surface area contributed by atoms with Crippen molar-refractivity contribution in [2.45, 2.75) is 24.9 Å². The van der Waals surface area contributed by atoms with E-state index in [1.807, 2.05) is 0 Å². The summed E-state index contributed by atoms with van der Waals surface area (Å²) in [7, 11) is 0. The molecule has 0 spiro atoms. The van der Waals surface area contributed by atoms with Crippen LogP contribution >= 0.6 is 0 Å². The number of piperidine rings is 1. The van der Waals surface area contributed by atoms with Crippen LogP contribution in [-0.4, -0.2) is 31.1 Å². The van der Waals surface area contributed by atoms with E-state index in [-0.39, 0.29) is 11.9 Å². The van der Waals surface area contributed by atoms with Gasteiger partial charge in [0.1, 0.15) is 0 Å². The van der Waals surface area contributed by atoms with Crippen molar-refractivity contribution in [1.29, 1.82) is 0 Å². The summed E-state index contributed by atoms with van der Waals surface area (Å²) in [6.07, 6.45) is 2.28. The van der Waals surface area contributed by atoms with Crippen molar-refractivity contribution in [3.8, 4) is 0 Å². The van der Waals surface area contributed by atoms with Gasteiger partial charge in [-0.3, -0.25) is 4.79 Å². The number of rotatable bonds is 3. The number of nitrogens with one attached hydrogen (secondary N) is 2. The molecule has 0 aromatic heterocycles. The molecule has 1 aliphatic heterocycles. The van der Waals surface area contributed by atoms with E-state index in [1.54, 1.807) is 0 Å². The third kappa shape index (κ3) is 1.44. The fourth-order valence-corrected chi connectivity index (χ4v) is 1.84. The molecule has 2 rings (SSSR count). The number of hydrogen-bond donors (Lipinski definition) is 3. The van der Waals surface area contributed by atoms with Gasteiger partial charge in [-0.25, -0.2) is 0 Å². The van der Waals surface area contributed by atoms with Gasteiger partial charge in [0.25, 0.3) is 0 Å². The Morgan fingerprint density at radius 1 is 1.58 bits per heavy atom. The maximum absolute atomic E-state index is 11.3. The van der Waals surface area contributed by atoms with Crippen molar-refractivity contribution in [3.63, 3.8) is 0 Å². The SMILES string of the molecule is NCCNC(=O)[C@@H]1C[C@@H]2C[C@@H]2N1. The molecular weight excluding hydrogens is 154 g/mol. The Labute approximate surface area is 71.9 Å². The third-order valence-electron chi connectivity index (χ3n) is 2.64. The van der Waals surface area contributed by atoms with Crippen LogP contribution in [0.5, 0.6) is 0 Å². The number of carbonyl (C=O) groups excluding carboxylic acids is 1. The second kappa shape index (κ2) is 3.03. The van der Waals surface area contributed by atoms with Gasteiger partial charge >= 0.3 is 0 Å². The standard InChI is InChI=1S/C8H15N3O/c9-1-2-10-8(12)7-4-5-3-6(5)11-7/h5-7,11H,1-4,9H2,(H,10,12)/t5-,6-,7-/m0/s1. The minimum absolute atomic E-state index is 0.0558. The number of nitrogens with two attached hydrogens (primary N) is 1. The lowest BCUT2D eigenvalue weighted by molar-refractivity contribution is -0.122. The molecule has 1 aliphatic carbocycles. The van der Waals surface area contributed by atoms with E-state index in [0.29, 0.717) is 19.1 Å². The van der Waals surface area contributed by atoms with Gasteiger partial charge in [0.05, 0.1) is 6.04 Å². The van der Waals surface area contributed by atoms with Gasteiger partial charge < -0.3 is 16.4 Å². The zero-order chi connectivity index (χ0) is 8.55. The van der Waals surface area contributed by atoms with Crippen molar-refractivity contribution in [2.75, 3.05) is 13.1 Å². The van der Waals surface area contributed by atoms with Crippen LogP contribution in [0.2, 0.25) is 0 Å². The third-order valence-corrected chi connectivity index (χ3v) is 2.64. The summed E-state index contributed by atoms with van der Waals surface area (Å²) >= 11 is 0. The quantitative estimate of drug-likeness (QED) is 0.498. The van der Waals surface area contributed by atoms with E-state index in [2.05, 4.69) is 10.6 Å². The maximum Gasteiger partial charge on any atom is 0.237 e. The molecule has 0 bridgehead atoms. The van der Waals surface area contributed by atoms with Crippen molar-refractivity contribution in [2.24, 2.45) is 11.7 Å². The van der Waals surface area contributed by atoms with Crippen molar-refractivity contribution >= 4 is 5.91 Å². The monoisotopic (exact) mass is 169 g/mol. The number of fused-ring (bicyclic) bond motifs is 1. The molecular formula is C8H15N3O. The van der Waals surface area contributed by atoms with Crippen LogP contribution in [0.25, 0.3) is 0 Å². The first kappa shape index (κ1) is 8.01. The molecule has 4 nitrogen and oxygen atoms in total. The molecule has 68 valence electrons. The normalized spacial score (nSPS) is 37.6. The highest BCUT2D eigenvalue weighted by Crippen LogP contribution is 2.40. The molecule has 2 aliphatic rings. The molecule has 2 fully saturated rings. The molecule has 3 atom stereocenters. The lowest BCUT2D eigenvalue weighted by atomic mass is 10.2. The lowest BCUT2D eigenvalue weighted by Crippen LogP contribution is -2.43. The topological polar surface area (TPSA) is 67.1 Å². The summed E-state index contributed by atoms with van der Waals surface area (Å²) in [5.41, 5.74) is 5.28. The molecule has 4 heteroatoms.